The zero-order valence-electron chi connectivity index (χ0n) is 10.2. The second kappa shape index (κ2) is 4.16. The van der Waals surface area contributed by atoms with E-state index in [4.69, 9.17) is 0 Å². The van der Waals surface area contributed by atoms with Crippen molar-refractivity contribution in [3.63, 3.8) is 0 Å². The molecule has 0 aliphatic rings. The zero-order valence-corrected chi connectivity index (χ0v) is 10.2. The van der Waals surface area contributed by atoms with Crippen LogP contribution in [0.15, 0.2) is 42.5 Å². The SMILES string of the molecule is CCn1c2ccccc2c2ccc(B(O)O)cc21. The van der Waals surface area contributed by atoms with Crippen LogP contribution >= 0.6 is 0 Å². The molecule has 3 aromatic rings. The quantitative estimate of drug-likeness (QED) is 0.665. The van der Waals surface area contributed by atoms with E-state index in [2.05, 4.69) is 23.6 Å². The van der Waals surface area contributed by atoms with Crippen LogP contribution in [0.5, 0.6) is 0 Å². The molecule has 0 atom stereocenters. The molecular weight excluding hydrogens is 225 g/mol. The summed E-state index contributed by atoms with van der Waals surface area (Å²) >= 11 is 0. The fourth-order valence-electron chi connectivity index (χ4n) is 2.57. The molecule has 2 aromatic carbocycles. The smallest absolute Gasteiger partial charge is 0.423 e. The second-order valence-corrected chi connectivity index (χ2v) is 4.41. The van der Waals surface area contributed by atoms with Gasteiger partial charge in [-0.15, -0.1) is 0 Å². The van der Waals surface area contributed by atoms with Gasteiger partial charge >= 0.3 is 7.12 Å². The number of fused-ring (bicyclic) bond motifs is 3. The third-order valence-corrected chi connectivity index (χ3v) is 3.41. The van der Waals surface area contributed by atoms with Gasteiger partial charge in [-0.3, -0.25) is 0 Å². The molecule has 0 aliphatic heterocycles. The number of para-hydroxylation sites is 1. The van der Waals surface area contributed by atoms with Crippen LogP contribution in [0, 0.1) is 0 Å². The standard InChI is InChI=1S/C14H14BNO2/c1-2-16-13-6-4-3-5-11(13)12-8-7-10(15(17)18)9-14(12)16/h3-9,17-18H,2H2,1H3. The fraction of sp³-hybridized carbons (Fsp3) is 0.143. The Morgan fingerprint density at radius 1 is 1.00 bits per heavy atom. The summed E-state index contributed by atoms with van der Waals surface area (Å²) in [5.41, 5.74) is 2.75. The normalized spacial score (nSPS) is 11.3. The molecule has 0 unspecified atom stereocenters. The van der Waals surface area contributed by atoms with Crippen molar-refractivity contribution in [2.45, 2.75) is 13.5 Å². The Morgan fingerprint density at radius 2 is 1.72 bits per heavy atom. The van der Waals surface area contributed by atoms with Crippen molar-refractivity contribution in [2.75, 3.05) is 0 Å². The van der Waals surface area contributed by atoms with Crippen molar-refractivity contribution in [3.8, 4) is 0 Å². The summed E-state index contributed by atoms with van der Waals surface area (Å²) in [6.45, 7) is 2.95. The lowest BCUT2D eigenvalue weighted by Crippen LogP contribution is -2.29. The summed E-state index contributed by atoms with van der Waals surface area (Å²) in [4.78, 5) is 0. The lowest BCUT2D eigenvalue weighted by atomic mass is 9.80. The minimum Gasteiger partial charge on any atom is -0.423 e. The van der Waals surface area contributed by atoms with Gasteiger partial charge in [0.1, 0.15) is 0 Å². The van der Waals surface area contributed by atoms with Gasteiger partial charge in [0.15, 0.2) is 0 Å². The Hall–Kier alpha value is -1.78. The fourth-order valence-corrected chi connectivity index (χ4v) is 2.57. The molecule has 0 saturated carbocycles. The minimum absolute atomic E-state index is 0.528. The van der Waals surface area contributed by atoms with Crippen LogP contribution in [0.3, 0.4) is 0 Å². The zero-order chi connectivity index (χ0) is 12.7. The molecule has 0 radical (unpaired) electrons. The van der Waals surface area contributed by atoms with Crippen LogP contribution in [0.1, 0.15) is 6.92 Å². The first-order chi connectivity index (χ1) is 8.72. The van der Waals surface area contributed by atoms with Crippen molar-refractivity contribution < 1.29 is 10.0 Å². The van der Waals surface area contributed by atoms with E-state index in [1.807, 2.05) is 24.3 Å². The number of benzene rings is 2. The Labute approximate surface area is 105 Å². The maximum absolute atomic E-state index is 9.27. The monoisotopic (exact) mass is 239 g/mol. The third-order valence-electron chi connectivity index (χ3n) is 3.41. The molecule has 1 heterocycles. The highest BCUT2D eigenvalue weighted by Crippen LogP contribution is 2.27. The van der Waals surface area contributed by atoms with Crippen LogP contribution in [-0.2, 0) is 6.54 Å². The predicted octanol–water partition coefficient (Wildman–Crippen LogP) is 1.49. The molecule has 90 valence electrons. The molecule has 0 fully saturated rings. The van der Waals surface area contributed by atoms with E-state index in [9.17, 15) is 10.0 Å². The highest BCUT2D eigenvalue weighted by molar-refractivity contribution is 6.59. The number of hydrogen-bond acceptors (Lipinski definition) is 2. The van der Waals surface area contributed by atoms with Gasteiger partial charge in [-0.25, -0.2) is 0 Å². The van der Waals surface area contributed by atoms with E-state index in [-0.39, 0.29) is 0 Å². The van der Waals surface area contributed by atoms with Gasteiger partial charge in [0.25, 0.3) is 0 Å². The van der Waals surface area contributed by atoms with Gasteiger partial charge in [0.2, 0.25) is 0 Å². The molecular formula is C14H14BNO2. The van der Waals surface area contributed by atoms with Crippen molar-refractivity contribution >= 4 is 34.4 Å². The maximum atomic E-state index is 9.27. The molecule has 0 bridgehead atoms. The third kappa shape index (κ3) is 1.54. The summed E-state index contributed by atoms with van der Waals surface area (Å²) in [7, 11) is -1.42. The van der Waals surface area contributed by atoms with Crippen LogP contribution in [0.2, 0.25) is 0 Å². The van der Waals surface area contributed by atoms with Crippen LogP contribution < -0.4 is 5.46 Å². The number of aromatic nitrogens is 1. The van der Waals surface area contributed by atoms with Crippen molar-refractivity contribution in [2.24, 2.45) is 0 Å². The van der Waals surface area contributed by atoms with E-state index in [1.165, 1.54) is 10.9 Å². The Bertz CT molecular complexity index is 718. The summed E-state index contributed by atoms with van der Waals surface area (Å²) in [6, 6.07) is 13.8. The topological polar surface area (TPSA) is 45.4 Å². The second-order valence-electron chi connectivity index (χ2n) is 4.41. The lowest BCUT2D eigenvalue weighted by Gasteiger charge is -2.04. The van der Waals surface area contributed by atoms with Crippen molar-refractivity contribution in [3.05, 3.63) is 42.5 Å². The highest BCUT2D eigenvalue weighted by Gasteiger charge is 2.14. The average molecular weight is 239 g/mol. The van der Waals surface area contributed by atoms with E-state index < -0.39 is 7.12 Å². The average Bonchev–Trinajstić information content (AvgIpc) is 2.71. The van der Waals surface area contributed by atoms with Gasteiger partial charge in [-0.2, -0.15) is 0 Å². The molecule has 0 spiro atoms. The summed E-state index contributed by atoms with van der Waals surface area (Å²) in [6.07, 6.45) is 0. The van der Waals surface area contributed by atoms with Crippen molar-refractivity contribution in [1.29, 1.82) is 0 Å². The summed E-state index contributed by atoms with van der Waals surface area (Å²) in [5.74, 6) is 0. The van der Waals surface area contributed by atoms with Gasteiger partial charge < -0.3 is 14.6 Å². The molecule has 4 heteroatoms. The van der Waals surface area contributed by atoms with Gasteiger partial charge in [-0.05, 0) is 24.5 Å². The van der Waals surface area contributed by atoms with Gasteiger partial charge in [-0.1, -0.05) is 30.3 Å². The highest BCUT2D eigenvalue weighted by atomic mass is 16.4. The first-order valence-corrected chi connectivity index (χ1v) is 6.09. The molecule has 0 saturated heterocycles. The largest absolute Gasteiger partial charge is 0.488 e. The number of nitrogens with zero attached hydrogens (tertiary/aromatic N) is 1. The van der Waals surface area contributed by atoms with Crippen LogP contribution in [0.4, 0.5) is 0 Å². The number of hydrogen-bond donors (Lipinski definition) is 2. The first kappa shape index (κ1) is 11.3. The number of rotatable bonds is 2. The van der Waals surface area contributed by atoms with E-state index in [0.29, 0.717) is 5.46 Å². The van der Waals surface area contributed by atoms with Gasteiger partial charge in [0.05, 0.1) is 0 Å². The molecule has 1 aromatic heterocycles. The summed E-state index contributed by atoms with van der Waals surface area (Å²) < 4.78 is 2.19. The molecule has 18 heavy (non-hydrogen) atoms. The van der Waals surface area contributed by atoms with E-state index in [1.54, 1.807) is 6.07 Å². The Balaban J connectivity index is 2.44. The first-order valence-electron chi connectivity index (χ1n) is 6.09. The maximum Gasteiger partial charge on any atom is 0.488 e. The molecule has 0 amide bonds. The minimum atomic E-state index is -1.42. The molecule has 0 aliphatic carbocycles. The van der Waals surface area contributed by atoms with Crippen molar-refractivity contribution in [1.82, 2.24) is 4.57 Å². The van der Waals surface area contributed by atoms with Crippen LogP contribution in [-0.4, -0.2) is 21.7 Å². The number of aryl methyl sites for hydroxylation is 1. The summed E-state index contributed by atoms with van der Waals surface area (Å²) in [5, 5.41) is 20.9. The lowest BCUT2D eigenvalue weighted by molar-refractivity contribution is 0.426. The van der Waals surface area contributed by atoms with Gasteiger partial charge in [0, 0.05) is 28.4 Å². The Kier molecular flexibility index (Phi) is 2.61. The Morgan fingerprint density at radius 3 is 2.44 bits per heavy atom. The van der Waals surface area contributed by atoms with Crippen LogP contribution in [0.25, 0.3) is 21.8 Å². The molecule has 3 nitrogen and oxygen atoms in total. The predicted molar refractivity (Wildman–Crippen MR) is 74.9 cm³/mol. The molecule has 2 N–H and O–H groups in total. The van der Waals surface area contributed by atoms with E-state index in [0.717, 1.165) is 17.4 Å². The van der Waals surface area contributed by atoms with E-state index >= 15 is 0 Å². The molecule has 3 rings (SSSR count).